The highest BCUT2D eigenvalue weighted by Crippen LogP contribution is 2.27. The Balaban J connectivity index is 1.75. The molecule has 0 spiro atoms. The van der Waals surface area contributed by atoms with Gasteiger partial charge in [0.2, 0.25) is 11.8 Å². The Bertz CT molecular complexity index is 720. The molecular weight excluding hydrogens is 294 g/mol. The quantitative estimate of drug-likeness (QED) is 0.751. The topological polar surface area (TPSA) is 51.0 Å². The lowest BCUT2D eigenvalue weighted by Gasteiger charge is -2.18. The van der Waals surface area contributed by atoms with Gasteiger partial charge in [0, 0.05) is 17.8 Å². The number of rotatable bonds is 6. The van der Waals surface area contributed by atoms with Crippen LogP contribution in [0.3, 0.4) is 0 Å². The van der Waals surface area contributed by atoms with E-state index in [4.69, 9.17) is 4.42 Å². The van der Waals surface area contributed by atoms with Crippen LogP contribution >= 0.6 is 11.3 Å². The first-order chi connectivity index (χ1) is 10.7. The van der Waals surface area contributed by atoms with Crippen LogP contribution < -0.4 is 5.32 Å². The molecule has 3 aromatic rings. The summed E-state index contributed by atoms with van der Waals surface area (Å²) in [6, 6.07) is 12.9. The second kappa shape index (κ2) is 6.85. The van der Waals surface area contributed by atoms with Gasteiger partial charge in [-0.3, -0.25) is 0 Å². The summed E-state index contributed by atoms with van der Waals surface area (Å²) < 4.78 is 5.45. The van der Waals surface area contributed by atoms with Crippen LogP contribution in [0.25, 0.3) is 0 Å². The smallest absolute Gasteiger partial charge is 0.230 e. The minimum absolute atomic E-state index is 0.245. The molecule has 0 aliphatic carbocycles. The van der Waals surface area contributed by atoms with E-state index in [1.807, 2.05) is 6.07 Å². The number of thiophene rings is 1. The molecule has 1 aromatic carbocycles. The third kappa shape index (κ3) is 3.61. The molecule has 2 heterocycles. The SMILES string of the molecule is Cc1nnc(CN[C@@H](Cc2ccccc2)c2sccc2C)o1. The number of aryl methyl sites for hydroxylation is 2. The zero-order valence-electron chi connectivity index (χ0n) is 12.7. The monoisotopic (exact) mass is 313 g/mol. The van der Waals surface area contributed by atoms with E-state index in [9.17, 15) is 0 Å². The minimum atomic E-state index is 0.245. The van der Waals surface area contributed by atoms with Gasteiger partial charge in [-0.15, -0.1) is 21.5 Å². The number of benzene rings is 1. The van der Waals surface area contributed by atoms with Crippen LogP contribution in [0.5, 0.6) is 0 Å². The molecule has 5 heteroatoms. The van der Waals surface area contributed by atoms with Gasteiger partial charge in [0.1, 0.15) is 0 Å². The summed E-state index contributed by atoms with van der Waals surface area (Å²) in [7, 11) is 0. The van der Waals surface area contributed by atoms with Crippen LogP contribution in [0.4, 0.5) is 0 Å². The number of hydrogen-bond donors (Lipinski definition) is 1. The van der Waals surface area contributed by atoms with E-state index in [0.717, 1.165) is 6.42 Å². The Morgan fingerprint density at radius 3 is 2.59 bits per heavy atom. The summed E-state index contributed by atoms with van der Waals surface area (Å²) >= 11 is 1.79. The lowest BCUT2D eigenvalue weighted by Crippen LogP contribution is -2.23. The van der Waals surface area contributed by atoms with E-state index in [2.05, 4.69) is 58.1 Å². The van der Waals surface area contributed by atoms with E-state index < -0.39 is 0 Å². The molecule has 0 saturated heterocycles. The van der Waals surface area contributed by atoms with Gasteiger partial charge in [-0.05, 0) is 35.9 Å². The van der Waals surface area contributed by atoms with Gasteiger partial charge in [-0.25, -0.2) is 0 Å². The average molecular weight is 313 g/mol. The summed E-state index contributed by atoms with van der Waals surface area (Å²) in [4.78, 5) is 1.36. The number of nitrogens with one attached hydrogen (secondary N) is 1. The molecular formula is C17H19N3OS. The van der Waals surface area contributed by atoms with Crippen LogP contribution in [0.15, 0.2) is 46.2 Å². The predicted octanol–water partition coefficient (Wildman–Crippen LogP) is 3.82. The second-order valence-electron chi connectivity index (χ2n) is 5.31. The van der Waals surface area contributed by atoms with Crippen LogP contribution in [0, 0.1) is 13.8 Å². The van der Waals surface area contributed by atoms with Crippen molar-refractivity contribution in [3.05, 3.63) is 69.6 Å². The molecule has 1 atom stereocenters. The maximum atomic E-state index is 5.45. The largest absolute Gasteiger partial charge is 0.424 e. The molecule has 0 unspecified atom stereocenters. The summed E-state index contributed by atoms with van der Waals surface area (Å²) in [5.41, 5.74) is 2.63. The molecule has 0 amide bonds. The fourth-order valence-electron chi connectivity index (χ4n) is 2.47. The minimum Gasteiger partial charge on any atom is -0.424 e. The van der Waals surface area contributed by atoms with Crippen molar-refractivity contribution in [3.63, 3.8) is 0 Å². The highest BCUT2D eigenvalue weighted by Gasteiger charge is 2.16. The first kappa shape index (κ1) is 14.9. The van der Waals surface area contributed by atoms with Crippen molar-refractivity contribution in [2.75, 3.05) is 0 Å². The molecule has 4 nitrogen and oxygen atoms in total. The summed E-state index contributed by atoms with van der Waals surface area (Å²) in [6.07, 6.45) is 0.940. The van der Waals surface area contributed by atoms with Crippen molar-refractivity contribution in [2.45, 2.75) is 32.9 Å². The van der Waals surface area contributed by atoms with E-state index in [0.29, 0.717) is 18.3 Å². The van der Waals surface area contributed by atoms with E-state index in [1.54, 1.807) is 18.3 Å². The fourth-order valence-corrected chi connectivity index (χ4v) is 3.47. The van der Waals surface area contributed by atoms with Crippen LogP contribution in [-0.2, 0) is 13.0 Å². The average Bonchev–Trinajstić information content (AvgIpc) is 3.13. The van der Waals surface area contributed by atoms with Crippen molar-refractivity contribution < 1.29 is 4.42 Å². The zero-order chi connectivity index (χ0) is 15.4. The first-order valence-corrected chi connectivity index (χ1v) is 8.20. The Morgan fingerprint density at radius 1 is 1.14 bits per heavy atom. The van der Waals surface area contributed by atoms with Gasteiger partial charge < -0.3 is 9.73 Å². The maximum absolute atomic E-state index is 5.45. The third-order valence-corrected chi connectivity index (χ3v) is 4.70. The van der Waals surface area contributed by atoms with Crippen molar-refractivity contribution in [1.82, 2.24) is 15.5 Å². The molecule has 114 valence electrons. The van der Waals surface area contributed by atoms with E-state index >= 15 is 0 Å². The van der Waals surface area contributed by atoms with Crippen molar-refractivity contribution in [2.24, 2.45) is 0 Å². The van der Waals surface area contributed by atoms with Gasteiger partial charge in [0.05, 0.1) is 6.54 Å². The molecule has 2 aromatic heterocycles. The third-order valence-electron chi connectivity index (χ3n) is 3.57. The highest BCUT2D eigenvalue weighted by molar-refractivity contribution is 7.10. The Kier molecular flexibility index (Phi) is 4.65. The lowest BCUT2D eigenvalue weighted by atomic mass is 10.0. The number of aromatic nitrogens is 2. The highest BCUT2D eigenvalue weighted by atomic mass is 32.1. The van der Waals surface area contributed by atoms with Crippen LogP contribution in [-0.4, -0.2) is 10.2 Å². The standard InChI is InChI=1S/C17H19N3OS/c1-12-8-9-22-17(12)15(10-14-6-4-3-5-7-14)18-11-16-20-19-13(2)21-16/h3-9,15,18H,10-11H2,1-2H3/t15-/m0/s1. The molecule has 22 heavy (non-hydrogen) atoms. The zero-order valence-corrected chi connectivity index (χ0v) is 13.6. The molecule has 1 N–H and O–H groups in total. The van der Waals surface area contributed by atoms with Crippen molar-refractivity contribution in [3.8, 4) is 0 Å². The molecule has 3 rings (SSSR count). The summed E-state index contributed by atoms with van der Waals surface area (Å²) in [5.74, 6) is 1.23. The first-order valence-electron chi connectivity index (χ1n) is 7.32. The molecule has 0 aliphatic rings. The molecule has 0 radical (unpaired) electrons. The maximum Gasteiger partial charge on any atom is 0.230 e. The fraction of sp³-hybridized carbons (Fsp3) is 0.294. The normalized spacial score (nSPS) is 12.5. The van der Waals surface area contributed by atoms with E-state index in [-0.39, 0.29) is 6.04 Å². The number of hydrogen-bond acceptors (Lipinski definition) is 5. The predicted molar refractivity (Wildman–Crippen MR) is 87.8 cm³/mol. The van der Waals surface area contributed by atoms with Gasteiger partial charge in [0.25, 0.3) is 0 Å². The molecule has 0 fully saturated rings. The molecule has 0 aliphatic heterocycles. The molecule has 0 bridgehead atoms. The Labute approximate surface area is 134 Å². The van der Waals surface area contributed by atoms with Crippen molar-refractivity contribution >= 4 is 11.3 Å². The van der Waals surface area contributed by atoms with E-state index in [1.165, 1.54) is 16.0 Å². The van der Waals surface area contributed by atoms with Crippen molar-refractivity contribution in [1.29, 1.82) is 0 Å². The Morgan fingerprint density at radius 2 is 1.95 bits per heavy atom. The second-order valence-corrected chi connectivity index (χ2v) is 6.25. The number of nitrogens with zero attached hydrogens (tertiary/aromatic N) is 2. The van der Waals surface area contributed by atoms with Gasteiger partial charge in [-0.2, -0.15) is 0 Å². The van der Waals surface area contributed by atoms with Crippen LogP contribution in [0.2, 0.25) is 0 Å². The summed E-state index contributed by atoms with van der Waals surface area (Å²) in [5, 5.41) is 13.6. The van der Waals surface area contributed by atoms with Gasteiger partial charge in [-0.1, -0.05) is 30.3 Å². The van der Waals surface area contributed by atoms with Gasteiger partial charge >= 0.3 is 0 Å². The lowest BCUT2D eigenvalue weighted by molar-refractivity contribution is 0.423. The Hall–Kier alpha value is -1.98. The molecule has 0 saturated carbocycles. The van der Waals surface area contributed by atoms with Crippen LogP contribution in [0.1, 0.15) is 33.8 Å². The summed E-state index contributed by atoms with van der Waals surface area (Å²) in [6.45, 7) is 4.54. The van der Waals surface area contributed by atoms with Gasteiger partial charge in [0.15, 0.2) is 0 Å².